The predicted octanol–water partition coefficient (Wildman–Crippen LogP) is 1.13. The van der Waals surface area contributed by atoms with Crippen molar-refractivity contribution in [1.29, 1.82) is 0 Å². The van der Waals surface area contributed by atoms with Crippen LogP contribution in [-0.2, 0) is 9.47 Å². The van der Waals surface area contributed by atoms with Crippen LogP contribution in [0.2, 0.25) is 0 Å². The van der Waals surface area contributed by atoms with E-state index in [1.807, 2.05) is 0 Å². The zero-order valence-electron chi connectivity index (χ0n) is 10.9. The number of nitrogens with zero attached hydrogens (tertiary/aromatic N) is 2. The molecule has 7 nitrogen and oxygen atoms in total. The number of hydrogen-bond donors (Lipinski definition) is 1. The second kappa shape index (κ2) is 6.93. The molecule has 104 valence electrons. The van der Waals surface area contributed by atoms with Gasteiger partial charge in [0.2, 0.25) is 5.82 Å². The maximum absolute atomic E-state index is 11.8. The average Bonchev–Trinajstić information content (AvgIpc) is 2.38. The molecule has 1 aromatic heterocycles. The van der Waals surface area contributed by atoms with E-state index in [1.165, 1.54) is 11.8 Å². The summed E-state index contributed by atoms with van der Waals surface area (Å²) in [5.41, 5.74) is 5.69. The fraction of sp³-hybridized carbons (Fsp3) is 0.455. The van der Waals surface area contributed by atoms with Crippen LogP contribution in [0.4, 0.5) is 5.82 Å². The van der Waals surface area contributed by atoms with Gasteiger partial charge in [-0.1, -0.05) is 0 Å². The summed E-state index contributed by atoms with van der Waals surface area (Å²) in [6.45, 7) is 3.71. The molecule has 19 heavy (non-hydrogen) atoms. The summed E-state index contributed by atoms with van der Waals surface area (Å²) in [5, 5.41) is 0. The zero-order valence-corrected chi connectivity index (χ0v) is 11.7. The third-order valence-corrected chi connectivity index (χ3v) is 2.83. The minimum atomic E-state index is -0.729. The van der Waals surface area contributed by atoms with Crippen LogP contribution in [0.25, 0.3) is 0 Å². The lowest BCUT2D eigenvalue weighted by Crippen LogP contribution is -2.17. The summed E-state index contributed by atoms with van der Waals surface area (Å²) in [4.78, 5) is 31.4. The van der Waals surface area contributed by atoms with E-state index in [0.29, 0.717) is 4.90 Å². The first-order valence-electron chi connectivity index (χ1n) is 5.60. The molecule has 0 aliphatic heterocycles. The molecule has 2 N–H and O–H groups in total. The predicted molar refractivity (Wildman–Crippen MR) is 70.1 cm³/mol. The Morgan fingerprint density at radius 3 is 2.26 bits per heavy atom. The summed E-state index contributed by atoms with van der Waals surface area (Å²) in [6, 6.07) is 0. The van der Waals surface area contributed by atoms with Crippen LogP contribution in [0.3, 0.4) is 0 Å². The number of rotatable bonds is 5. The van der Waals surface area contributed by atoms with E-state index in [0.717, 1.165) is 0 Å². The average molecular weight is 285 g/mol. The lowest BCUT2D eigenvalue weighted by atomic mass is 10.3. The molecule has 1 rings (SSSR count). The molecule has 0 spiro atoms. The Morgan fingerprint density at radius 2 is 1.74 bits per heavy atom. The van der Waals surface area contributed by atoms with E-state index in [1.54, 1.807) is 20.1 Å². The van der Waals surface area contributed by atoms with Gasteiger partial charge in [-0.25, -0.2) is 19.6 Å². The molecule has 0 bridgehead atoms. The Kier molecular flexibility index (Phi) is 5.56. The number of nitrogens with two attached hydrogens (primary N) is 1. The summed E-state index contributed by atoms with van der Waals surface area (Å²) < 4.78 is 9.64. The van der Waals surface area contributed by atoms with Crippen LogP contribution in [0.15, 0.2) is 4.90 Å². The van der Waals surface area contributed by atoms with Gasteiger partial charge in [-0.15, -0.1) is 11.8 Å². The van der Waals surface area contributed by atoms with Crippen molar-refractivity contribution in [2.75, 3.05) is 25.2 Å². The van der Waals surface area contributed by atoms with Gasteiger partial charge in [0.15, 0.2) is 5.69 Å². The van der Waals surface area contributed by atoms with Gasteiger partial charge in [0.05, 0.1) is 18.1 Å². The Balaban J connectivity index is 3.25. The van der Waals surface area contributed by atoms with Crippen molar-refractivity contribution in [3.63, 3.8) is 0 Å². The molecule has 0 aliphatic carbocycles. The number of aromatic nitrogens is 2. The van der Waals surface area contributed by atoms with Gasteiger partial charge in [-0.2, -0.15) is 0 Å². The Hall–Kier alpha value is -1.83. The highest BCUT2D eigenvalue weighted by molar-refractivity contribution is 7.98. The van der Waals surface area contributed by atoms with Crippen LogP contribution in [0, 0.1) is 0 Å². The van der Waals surface area contributed by atoms with Crippen LogP contribution < -0.4 is 5.73 Å². The topological polar surface area (TPSA) is 104 Å². The van der Waals surface area contributed by atoms with Crippen molar-refractivity contribution >= 4 is 29.5 Å². The lowest BCUT2D eigenvalue weighted by molar-refractivity contribution is 0.0503. The van der Waals surface area contributed by atoms with Gasteiger partial charge in [0.25, 0.3) is 0 Å². The monoisotopic (exact) mass is 285 g/mol. The highest BCUT2D eigenvalue weighted by Gasteiger charge is 2.22. The van der Waals surface area contributed by atoms with E-state index in [2.05, 4.69) is 9.97 Å². The number of ether oxygens (including phenoxy) is 2. The van der Waals surface area contributed by atoms with E-state index in [9.17, 15) is 9.59 Å². The third-order valence-electron chi connectivity index (χ3n) is 2.02. The highest BCUT2D eigenvalue weighted by atomic mass is 32.2. The number of carbonyl (C=O) groups excluding carboxylic acids is 2. The Bertz CT molecular complexity index is 493. The SMILES string of the molecule is CCOC(=O)c1nc(N)c(SC)c(C(=O)OCC)n1. The van der Waals surface area contributed by atoms with Gasteiger partial charge in [0, 0.05) is 0 Å². The maximum atomic E-state index is 11.8. The van der Waals surface area contributed by atoms with Gasteiger partial charge >= 0.3 is 11.9 Å². The second-order valence-corrected chi connectivity index (χ2v) is 4.07. The molecular weight excluding hydrogens is 270 g/mol. The van der Waals surface area contributed by atoms with Crippen molar-refractivity contribution in [2.24, 2.45) is 0 Å². The fourth-order valence-electron chi connectivity index (χ4n) is 1.29. The molecule has 8 heteroatoms. The highest BCUT2D eigenvalue weighted by Crippen LogP contribution is 2.25. The number of anilines is 1. The zero-order chi connectivity index (χ0) is 14.4. The lowest BCUT2D eigenvalue weighted by Gasteiger charge is -2.09. The van der Waals surface area contributed by atoms with Crippen LogP contribution in [0.1, 0.15) is 35.0 Å². The van der Waals surface area contributed by atoms with Gasteiger partial charge in [0.1, 0.15) is 5.82 Å². The number of nitrogen functional groups attached to an aromatic ring is 1. The van der Waals surface area contributed by atoms with E-state index >= 15 is 0 Å². The smallest absolute Gasteiger partial charge is 0.376 e. The molecule has 0 amide bonds. The second-order valence-electron chi connectivity index (χ2n) is 3.26. The molecule has 0 aromatic carbocycles. The molecule has 0 atom stereocenters. The van der Waals surface area contributed by atoms with E-state index < -0.39 is 11.9 Å². The van der Waals surface area contributed by atoms with Crippen molar-refractivity contribution in [3.05, 3.63) is 11.5 Å². The minimum Gasteiger partial charge on any atom is -0.461 e. The molecule has 0 fully saturated rings. The van der Waals surface area contributed by atoms with Gasteiger partial charge < -0.3 is 15.2 Å². The Labute approximate surface area is 114 Å². The summed E-state index contributed by atoms with van der Waals surface area (Å²) >= 11 is 1.21. The number of esters is 2. The molecule has 0 radical (unpaired) electrons. The van der Waals surface area contributed by atoms with Crippen LogP contribution in [-0.4, -0.2) is 41.4 Å². The van der Waals surface area contributed by atoms with Crippen molar-refractivity contribution in [2.45, 2.75) is 18.7 Å². The largest absolute Gasteiger partial charge is 0.461 e. The summed E-state index contributed by atoms with van der Waals surface area (Å²) in [7, 11) is 0. The van der Waals surface area contributed by atoms with Crippen LogP contribution >= 0.6 is 11.8 Å². The van der Waals surface area contributed by atoms with Crippen molar-refractivity contribution in [1.82, 2.24) is 9.97 Å². The van der Waals surface area contributed by atoms with Crippen molar-refractivity contribution in [3.8, 4) is 0 Å². The van der Waals surface area contributed by atoms with E-state index in [-0.39, 0.29) is 30.5 Å². The first-order valence-corrected chi connectivity index (χ1v) is 6.83. The minimum absolute atomic E-state index is 0.0232. The molecular formula is C11H15N3O4S. The first kappa shape index (κ1) is 15.2. The quantitative estimate of drug-likeness (QED) is 0.634. The van der Waals surface area contributed by atoms with Gasteiger partial charge in [-0.3, -0.25) is 0 Å². The summed E-state index contributed by atoms with van der Waals surface area (Å²) in [5.74, 6) is -1.58. The fourth-order valence-corrected chi connectivity index (χ4v) is 1.87. The number of carbonyl (C=O) groups is 2. The van der Waals surface area contributed by atoms with Crippen molar-refractivity contribution < 1.29 is 19.1 Å². The molecule has 0 saturated heterocycles. The molecule has 1 aromatic rings. The third kappa shape index (κ3) is 3.57. The number of thioether (sulfide) groups is 1. The maximum Gasteiger partial charge on any atom is 0.376 e. The molecule has 0 saturated carbocycles. The molecule has 0 aliphatic rings. The molecule has 1 heterocycles. The first-order chi connectivity index (χ1) is 9.04. The normalized spacial score (nSPS) is 10.1. The van der Waals surface area contributed by atoms with E-state index in [4.69, 9.17) is 15.2 Å². The van der Waals surface area contributed by atoms with Gasteiger partial charge in [-0.05, 0) is 20.1 Å². The Morgan fingerprint density at radius 1 is 1.16 bits per heavy atom. The van der Waals surface area contributed by atoms with Crippen LogP contribution in [0.5, 0.6) is 0 Å². The number of hydrogen-bond acceptors (Lipinski definition) is 8. The summed E-state index contributed by atoms with van der Waals surface area (Å²) in [6.07, 6.45) is 1.72. The molecule has 0 unspecified atom stereocenters. The standard InChI is InChI=1S/C11H15N3O4S/c1-4-17-10(15)6-7(19-3)8(12)14-9(13-6)11(16)18-5-2/h4-5H2,1-3H3,(H2,12,13,14).